The Balaban J connectivity index is 1.20. The van der Waals surface area contributed by atoms with Crippen molar-refractivity contribution in [3.8, 4) is 5.75 Å². The number of nitrogens with zero attached hydrogens (tertiary/aromatic N) is 1. The summed E-state index contributed by atoms with van der Waals surface area (Å²) < 4.78 is 11.4. The molecule has 0 radical (unpaired) electrons. The largest absolute Gasteiger partial charge is 0.493 e. The molecule has 1 saturated heterocycles. The highest BCUT2D eigenvalue weighted by Crippen LogP contribution is 2.27. The molecule has 0 spiro atoms. The summed E-state index contributed by atoms with van der Waals surface area (Å²) in [6, 6.07) is 15.5. The number of carbonyl (C=O) groups is 2. The van der Waals surface area contributed by atoms with Crippen molar-refractivity contribution in [2.75, 3.05) is 19.7 Å². The van der Waals surface area contributed by atoms with Gasteiger partial charge >= 0.3 is 6.09 Å². The summed E-state index contributed by atoms with van der Waals surface area (Å²) in [7, 11) is 0. The molecule has 1 aliphatic carbocycles. The SMILES string of the molecule is O=C1CCc2cc(OCC3CCN(C(=O)OCc4ccccc4)CC3)ccc21. The first-order valence-corrected chi connectivity index (χ1v) is 9.93. The zero-order valence-electron chi connectivity index (χ0n) is 15.9. The normalized spacial score (nSPS) is 16.7. The second-order valence-electron chi connectivity index (χ2n) is 7.52. The maximum Gasteiger partial charge on any atom is 0.410 e. The summed E-state index contributed by atoms with van der Waals surface area (Å²) in [6.07, 6.45) is 2.99. The monoisotopic (exact) mass is 379 g/mol. The van der Waals surface area contributed by atoms with Crippen LogP contribution in [0.15, 0.2) is 48.5 Å². The molecule has 2 aromatic rings. The summed E-state index contributed by atoms with van der Waals surface area (Å²) in [5, 5.41) is 0. The minimum atomic E-state index is -0.244. The fraction of sp³-hybridized carbons (Fsp3) is 0.391. The third kappa shape index (κ3) is 4.35. The maximum absolute atomic E-state index is 12.2. The van der Waals surface area contributed by atoms with Crippen molar-refractivity contribution in [3.63, 3.8) is 0 Å². The quantitative estimate of drug-likeness (QED) is 0.780. The number of hydrogen-bond acceptors (Lipinski definition) is 4. The fourth-order valence-corrected chi connectivity index (χ4v) is 3.83. The first kappa shape index (κ1) is 18.5. The second-order valence-corrected chi connectivity index (χ2v) is 7.52. The number of likely N-dealkylation sites (tertiary alicyclic amines) is 1. The molecule has 0 bridgehead atoms. The van der Waals surface area contributed by atoms with E-state index in [1.165, 1.54) is 0 Å². The van der Waals surface area contributed by atoms with E-state index in [1.807, 2.05) is 48.5 Å². The van der Waals surface area contributed by atoms with Crippen molar-refractivity contribution in [1.29, 1.82) is 0 Å². The van der Waals surface area contributed by atoms with Crippen LogP contribution in [-0.4, -0.2) is 36.5 Å². The van der Waals surface area contributed by atoms with Gasteiger partial charge in [0.25, 0.3) is 0 Å². The highest BCUT2D eigenvalue weighted by Gasteiger charge is 2.25. The van der Waals surface area contributed by atoms with Gasteiger partial charge in [0.2, 0.25) is 0 Å². The molecule has 146 valence electrons. The van der Waals surface area contributed by atoms with E-state index in [1.54, 1.807) is 4.90 Å². The Labute approximate surface area is 165 Å². The van der Waals surface area contributed by atoms with Gasteiger partial charge in [-0.3, -0.25) is 4.79 Å². The lowest BCUT2D eigenvalue weighted by molar-refractivity contribution is 0.0760. The molecule has 1 heterocycles. The minimum Gasteiger partial charge on any atom is -0.493 e. The molecule has 5 nitrogen and oxygen atoms in total. The first-order valence-electron chi connectivity index (χ1n) is 9.93. The van der Waals surface area contributed by atoms with Crippen molar-refractivity contribution in [3.05, 3.63) is 65.2 Å². The van der Waals surface area contributed by atoms with Crippen LogP contribution in [0.5, 0.6) is 5.75 Å². The Kier molecular flexibility index (Phi) is 5.60. The number of rotatable bonds is 5. The molecule has 2 aliphatic rings. The summed E-state index contributed by atoms with van der Waals surface area (Å²) in [6.45, 7) is 2.34. The van der Waals surface area contributed by atoms with Crippen LogP contribution in [0.2, 0.25) is 0 Å². The van der Waals surface area contributed by atoms with Crippen molar-refractivity contribution in [2.24, 2.45) is 5.92 Å². The Hall–Kier alpha value is -2.82. The number of ether oxygens (including phenoxy) is 2. The first-order chi connectivity index (χ1) is 13.7. The van der Waals surface area contributed by atoms with E-state index in [2.05, 4.69) is 0 Å². The topological polar surface area (TPSA) is 55.8 Å². The van der Waals surface area contributed by atoms with Crippen LogP contribution >= 0.6 is 0 Å². The van der Waals surface area contributed by atoms with Crippen LogP contribution in [0.3, 0.4) is 0 Å². The number of ketones is 1. The molecule has 1 amide bonds. The van der Waals surface area contributed by atoms with Gasteiger partial charge in [-0.2, -0.15) is 0 Å². The lowest BCUT2D eigenvalue weighted by Gasteiger charge is -2.31. The van der Waals surface area contributed by atoms with E-state index >= 15 is 0 Å². The number of Topliss-reactive ketones (excluding diaryl/α,β-unsaturated/α-hetero) is 1. The highest BCUT2D eigenvalue weighted by molar-refractivity contribution is 6.00. The van der Waals surface area contributed by atoms with E-state index in [0.717, 1.165) is 41.7 Å². The van der Waals surface area contributed by atoms with Crippen LogP contribution in [0.4, 0.5) is 4.79 Å². The van der Waals surface area contributed by atoms with Gasteiger partial charge in [-0.15, -0.1) is 0 Å². The minimum absolute atomic E-state index is 0.230. The van der Waals surface area contributed by atoms with Crippen LogP contribution in [-0.2, 0) is 17.8 Å². The standard InChI is InChI=1S/C23H25NO4/c25-22-9-6-19-14-20(7-8-21(19)22)27-15-18-10-12-24(13-11-18)23(26)28-16-17-4-2-1-3-5-17/h1-5,7-8,14,18H,6,9-13,15-16H2. The summed E-state index contributed by atoms with van der Waals surface area (Å²) in [5.74, 6) is 1.49. The van der Waals surface area contributed by atoms with Crippen molar-refractivity contribution < 1.29 is 19.1 Å². The number of hydrogen-bond donors (Lipinski definition) is 0. The third-order valence-electron chi connectivity index (χ3n) is 5.56. The van der Waals surface area contributed by atoms with Crippen LogP contribution in [0.1, 0.15) is 40.7 Å². The molecule has 0 unspecified atom stereocenters. The average molecular weight is 379 g/mol. The molecule has 2 aromatic carbocycles. The summed E-state index contributed by atoms with van der Waals surface area (Å²) in [5.41, 5.74) is 2.93. The summed E-state index contributed by atoms with van der Waals surface area (Å²) >= 11 is 0. The van der Waals surface area contributed by atoms with Crippen molar-refractivity contribution in [2.45, 2.75) is 32.3 Å². The van der Waals surface area contributed by atoms with Gasteiger partial charge in [0.15, 0.2) is 5.78 Å². The van der Waals surface area contributed by atoms with Crippen LogP contribution in [0.25, 0.3) is 0 Å². The van der Waals surface area contributed by atoms with Gasteiger partial charge in [-0.05, 0) is 54.5 Å². The van der Waals surface area contributed by atoms with Gasteiger partial charge < -0.3 is 14.4 Å². The van der Waals surface area contributed by atoms with Gasteiger partial charge in [0, 0.05) is 25.1 Å². The maximum atomic E-state index is 12.2. The van der Waals surface area contributed by atoms with E-state index in [4.69, 9.17) is 9.47 Å². The zero-order chi connectivity index (χ0) is 19.3. The summed E-state index contributed by atoms with van der Waals surface area (Å²) in [4.78, 5) is 25.7. The smallest absolute Gasteiger partial charge is 0.410 e. The van der Waals surface area contributed by atoms with E-state index in [9.17, 15) is 9.59 Å². The lowest BCUT2D eigenvalue weighted by atomic mass is 9.98. The number of aryl methyl sites for hydroxylation is 1. The predicted molar refractivity (Wildman–Crippen MR) is 106 cm³/mol. The molecule has 5 heteroatoms. The van der Waals surface area contributed by atoms with E-state index < -0.39 is 0 Å². The number of piperidine rings is 1. The fourth-order valence-electron chi connectivity index (χ4n) is 3.83. The Morgan fingerprint density at radius 1 is 1.04 bits per heavy atom. The molecular weight excluding hydrogens is 354 g/mol. The molecule has 0 saturated carbocycles. The number of amides is 1. The van der Waals surface area contributed by atoms with Gasteiger partial charge in [-0.1, -0.05) is 30.3 Å². The lowest BCUT2D eigenvalue weighted by Crippen LogP contribution is -2.39. The van der Waals surface area contributed by atoms with Gasteiger partial charge in [0.05, 0.1) is 6.61 Å². The molecular formula is C23H25NO4. The molecule has 0 N–H and O–H groups in total. The molecule has 4 rings (SSSR count). The molecule has 1 aliphatic heterocycles. The number of benzene rings is 2. The Bertz CT molecular complexity index is 841. The highest BCUT2D eigenvalue weighted by atomic mass is 16.6. The molecule has 28 heavy (non-hydrogen) atoms. The molecule has 1 fully saturated rings. The van der Waals surface area contributed by atoms with Gasteiger partial charge in [0.1, 0.15) is 12.4 Å². The van der Waals surface area contributed by atoms with Gasteiger partial charge in [-0.25, -0.2) is 4.79 Å². The molecule has 0 atom stereocenters. The average Bonchev–Trinajstić information content (AvgIpc) is 3.12. The van der Waals surface area contributed by atoms with E-state index in [-0.39, 0.29) is 11.9 Å². The molecule has 0 aromatic heterocycles. The Morgan fingerprint density at radius 2 is 1.82 bits per heavy atom. The van der Waals surface area contributed by atoms with Crippen molar-refractivity contribution in [1.82, 2.24) is 4.90 Å². The van der Waals surface area contributed by atoms with Crippen LogP contribution in [0, 0.1) is 5.92 Å². The second kappa shape index (κ2) is 8.46. The third-order valence-corrected chi connectivity index (χ3v) is 5.56. The van der Waals surface area contributed by atoms with Crippen LogP contribution < -0.4 is 4.74 Å². The number of fused-ring (bicyclic) bond motifs is 1. The van der Waals surface area contributed by atoms with Crippen molar-refractivity contribution >= 4 is 11.9 Å². The zero-order valence-corrected chi connectivity index (χ0v) is 15.9. The Morgan fingerprint density at radius 3 is 2.61 bits per heavy atom. The predicted octanol–water partition coefficient (Wildman–Crippen LogP) is 4.24. The number of carbonyl (C=O) groups excluding carboxylic acids is 2. The van der Waals surface area contributed by atoms with E-state index in [0.29, 0.717) is 38.6 Å².